The van der Waals surface area contributed by atoms with Crippen molar-refractivity contribution in [2.75, 3.05) is 26.2 Å². The van der Waals surface area contributed by atoms with Gasteiger partial charge in [-0.05, 0) is 12.8 Å². The number of carbonyl (C=O) groups excluding carboxylic acids is 2. The Hall–Kier alpha value is -1.14. The lowest BCUT2D eigenvalue weighted by molar-refractivity contribution is -0.135. The van der Waals surface area contributed by atoms with E-state index in [2.05, 4.69) is 5.48 Å². The van der Waals surface area contributed by atoms with Gasteiger partial charge in [-0.2, -0.15) is 5.48 Å². The maximum absolute atomic E-state index is 11.7. The molecule has 6 nitrogen and oxygen atoms in total. The van der Waals surface area contributed by atoms with Crippen LogP contribution in [0.1, 0.15) is 25.7 Å². The van der Waals surface area contributed by atoms with Crippen LogP contribution in [-0.2, 0) is 14.4 Å². The van der Waals surface area contributed by atoms with Crippen molar-refractivity contribution in [2.24, 2.45) is 5.73 Å². The number of nitrogens with two attached hydrogens (primary N) is 1. The summed E-state index contributed by atoms with van der Waals surface area (Å²) in [6, 6.07) is 0. The van der Waals surface area contributed by atoms with Crippen molar-refractivity contribution in [1.82, 2.24) is 10.4 Å². The third-order valence-electron chi connectivity index (χ3n) is 2.50. The molecule has 0 unspecified atom stereocenters. The summed E-state index contributed by atoms with van der Waals surface area (Å²) in [5, 5.41) is 0. The number of nitrogens with zero attached hydrogens (tertiary/aromatic N) is 1. The molecule has 6 heteroatoms. The third kappa shape index (κ3) is 5.09. The Morgan fingerprint density at radius 2 is 1.81 bits per heavy atom. The van der Waals surface area contributed by atoms with Gasteiger partial charge in [0.15, 0.2) is 0 Å². The average Bonchev–Trinajstić information content (AvgIpc) is 2.52. The van der Waals surface area contributed by atoms with Gasteiger partial charge >= 0.3 is 0 Å². The minimum absolute atomic E-state index is 0.00590. The van der Waals surface area contributed by atoms with Gasteiger partial charge in [0.2, 0.25) is 11.8 Å². The fourth-order valence-corrected chi connectivity index (χ4v) is 1.67. The van der Waals surface area contributed by atoms with Crippen LogP contribution in [0.3, 0.4) is 0 Å². The first kappa shape index (κ1) is 12.9. The zero-order valence-electron chi connectivity index (χ0n) is 9.41. The van der Waals surface area contributed by atoms with Crippen molar-refractivity contribution in [2.45, 2.75) is 25.7 Å². The number of amides is 2. The van der Waals surface area contributed by atoms with E-state index in [0.29, 0.717) is 0 Å². The smallest absolute Gasteiger partial charge is 0.245 e. The lowest BCUT2D eigenvalue weighted by atomic mass is 10.2. The second-order valence-corrected chi connectivity index (χ2v) is 3.87. The second-order valence-electron chi connectivity index (χ2n) is 3.87. The highest BCUT2D eigenvalue weighted by molar-refractivity contribution is 5.78. The topological polar surface area (TPSA) is 84.7 Å². The molecule has 3 N–H and O–H groups in total. The number of primary amides is 1. The Bertz CT molecular complexity index is 237. The quantitative estimate of drug-likeness (QED) is 0.487. The summed E-state index contributed by atoms with van der Waals surface area (Å²) < 4.78 is 0. The molecule has 1 heterocycles. The predicted molar refractivity (Wildman–Crippen MR) is 58.2 cm³/mol. The first-order valence-electron chi connectivity index (χ1n) is 5.61. The molecule has 0 aromatic carbocycles. The van der Waals surface area contributed by atoms with Gasteiger partial charge in [-0.3, -0.25) is 14.4 Å². The molecule has 0 bridgehead atoms. The van der Waals surface area contributed by atoms with E-state index >= 15 is 0 Å². The summed E-state index contributed by atoms with van der Waals surface area (Å²) in [7, 11) is 0. The van der Waals surface area contributed by atoms with Gasteiger partial charge in [0.25, 0.3) is 0 Å². The fraction of sp³-hybridized carbons (Fsp3) is 0.800. The maximum atomic E-state index is 11.7. The van der Waals surface area contributed by atoms with Crippen LogP contribution in [0, 0.1) is 0 Å². The zero-order chi connectivity index (χ0) is 11.8. The largest absolute Gasteiger partial charge is 0.368 e. The van der Waals surface area contributed by atoms with Crippen molar-refractivity contribution in [3.8, 4) is 0 Å². The van der Waals surface area contributed by atoms with Gasteiger partial charge in [0, 0.05) is 13.1 Å². The van der Waals surface area contributed by atoms with E-state index < -0.39 is 5.91 Å². The summed E-state index contributed by atoms with van der Waals surface area (Å²) >= 11 is 0. The predicted octanol–water partition coefficient (Wildman–Crippen LogP) is -0.604. The van der Waals surface area contributed by atoms with Gasteiger partial charge in [-0.15, -0.1) is 0 Å². The van der Waals surface area contributed by atoms with Crippen LogP contribution in [0.25, 0.3) is 0 Å². The van der Waals surface area contributed by atoms with Crippen molar-refractivity contribution in [1.29, 1.82) is 0 Å². The van der Waals surface area contributed by atoms with Gasteiger partial charge in [-0.1, -0.05) is 12.8 Å². The second kappa shape index (κ2) is 7.19. The van der Waals surface area contributed by atoms with Crippen LogP contribution in [0.5, 0.6) is 0 Å². The van der Waals surface area contributed by atoms with Crippen molar-refractivity contribution in [3.05, 3.63) is 0 Å². The molecule has 0 saturated carbocycles. The van der Waals surface area contributed by atoms with Crippen LogP contribution in [0.2, 0.25) is 0 Å². The molecule has 2 amide bonds. The number of nitrogens with one attached hydrogen (secondary N) is 1. The number of carbonyl (C=O) groups is 2. The molecule has 1 aliphatic heterocycles. The fourth-order valence-electron chi connectivity index (χ4n) is 1.67. The van der Waals surface area contributed by atoms with Crippen molar-refractivity contribution < 1.29 is 14.4 Å². The number of hydrogen-bond donors (Lipinski definition) is 2. The van der Waals surface area contributed by atoms with Crippen LogP contribution in [0.15, 0.2) is 0 Å². The van der Waals surface area contributed by atoms with E-state index in [1.165, 1.54) is 12.8 Å². The van der Waals surface area contributed by atoms with Crippen LogP contribution in [-0.4, -0.2) is 43.0 Å². The van der Waals surface area contributed by atoms with Crippen molar-refractivity contribution in [3.63, 3.8) is 0 Å². The van der Waals surface area contributed by atoms with Gasteiger partial charge in [-0.25, -0.2) is 0 Å². The molecular formula is C10H19N3O3. The summed E-state index contributed by atoms with van der Waals surface area (Å²) in [6.45, 7) is 1.51. The lowest BCUT2D eigenvalue weighted by Crippen LogP contribution is -2.39. The van der Waals surface area contributed by atoms with Gasteiger partial charge in [0.05, 0.1) is 0 Å². The Labute approximate surface area is 95.1 Å². The summed E-state index contributed by atoms with van der Waals surface area (Å²) in [5.41, 5.74) is 7.32. The molecule has 1 rings (SSSR count). The molecule has 0 aliphatic carbocycles. The first-order chi connectivity index (χ1) is 7.70. The van der Waals surface area contributed by atoms with Gasteiger partial charge < -0.3 is 10.6 Å². The number of hydrogen-bond acceptors (Lipinski definition) is 4. The minimum atomic E-state index is -0.560. The monoisotopic (exact) mass is 229 g/mol. The molecule has 1 saturated heterocycles. The summed E-state index contributed by atoms with van der Waals surface area (Å²) in [6.07, 6.45) is 4.51. The van der Waals surface area contributed by atoms with E-state index in [1.54, 1.807) is 0 Å². The van der Waals surface area contributed by atoms with Crippen LogP contribution < -0.4 is 11.2 Å². The number of rotatable bonds is 5. The molecule has 1 fully saturated rings. The summed E-state index contributed by atoms with van der Waals surface area (Å²) in [4.78, 5) is 28.6. The average molecular weight is 229 g/mol. The number of likely N-dealkylation sites (tertiary alicyclic amines) is 1. The van der Waals surface area contributed by atoms with E-state index in [1.807, 2.05) is 4.90 Å². The summed E-state index contributed by atoms with van der Waals surface area (Å²) in [5.74, 6) is -0.555. The minimum Gasteiger partial charge on any atom is -0.368 e. The highest BCUT2D eigenvalue weighted by Crippen LogP contribution is 2.09. The van der Waals surface area contributed by atoms with Crippen LogP contribution >= 0.6 is 0 Å². The van der Waals surface area contributed by atoms with Crippen molar-refractivity contribution >= 4 is 11.8 Å². The highest BCUT2D eigenvalue weighted by Gasteiger charge is 2.14. The Kier molecular flexibility index (Phi) is 5.81. The Morgan fingerprint density at radius 3 is 2.38 bits per heavy atom. The standard InChI is InChI=1S/C10H19N3O3/c11-9(14)8-16-12-7-10(15)13-5-3-1-2-4-6-13/h12H,1-8H2,(H2,11,14). The van der Waals surface area contributed by atoms with Crippen LogP contribution in [0.4, 0.5) is 0 Å². The molecule has 92 valence electrons. The molecule has 0 aromatic heterocycles. The highest BCUT2D eigenvalue weighted by atomic mass is 16.6. The SMILES string of the molecule is NC(=O)CONCC(=O)N1CCCCCC1. The normalized spacial score (nSPS) is 16.9. The van der Waals surface area contributed by atoms with E-state index in [-0.39, 0.29) is 19.1 Å². The Morgan fingerprint density at radius 1 is 1.19 bits per heavy atom. The molecule has 16 heavy (non-hydrogen) atoms. The van der Waals surface area contributed by atoms with E-state index in [9.17, 15) is 9.59 Å². The Balaban J connectivity index is 2.15. The molecule has 0 atom stereocenters. The molecule has 0 spiro atoms. The number of hydroxylamine groups is 1. The maximum Gasteiger partial charge on any atom is 0.245 e. The molecule has 0 aromatic rings. The zero-order valence-corrected chi connectivity index (χ0v) is 9.41. The molecule has 1 aliphatic rings. The molecular weight excluding hydrogens is 210 g/mol. The third-order valence-corrected chi connectivity index (χ3v) is 2.50. The van der Waals surface area contributed by atoms with E-state index in [0.717, 1.165) is 25.9 Å². The lowest BCUT2D eigenvalue weighted by Gasteiger charge is -2.20. The molecule has 0 radical (unpaired) electrons. The van der Waals surface area contributed by atoms with Gasteiger partial charge in [0.1, 0.15) is 13.2 Å². The first-order valence-corrected chi connectivity index (χ1v) is 5.61. The van der Waals surface area contributed by atoms with E-state index in [4.69, 9.17) is 10.6 Å².